The van der Waals surface area contributed by atoms with Gasteiger partial charge in [-0.15, -0.1) is 0 Å². The number of amides is 1. The smallest absolute Gasteiger partial charge is 0.410 e. The Labute approximate surface area is 91.8 Å². The Bertz CT molecular complexity index is 236. The number of rotatable bonds is 2. The van der Waals surface area contributed by atoms with Crippen LogP contribution in [0.25, 0.3) is 0 Å². The molecule has 2 N–H and O–H groups in total. The number of nitrogens with zero attached hydrogens (tertiary/aromatic N) is 1. The van der Waals surface area contributed by atoms with Gasteiger partial charge in [0.1, 0.15) is 5.60 Å². The summed E-state index contributed by atoms with van der Waals surface area (Å²) in [7, 11) is 0. The van der Waals surface area contributed by atoms with Crippen LogP contribution >= 0.6 is 0 Å². The summed E-state index contributed by atoms with van der Waals surface area (Å²) in [6, 6.07) is 0. The number of hydrogen-bond donors (Lipinski definition) is 1. The SMILES string of the molecule is CC[C@]1(CN)CCN1C(=O)OC(C)(C)C. The summed E-state index contributed by atoms with van der Waals surface area (Å²) in [4.78, 5) is 13.6. The molecule has 1 fully saturated rings. The van der Waals surface area contributed by atoms with Crippen LogP contribution in [-0.2, 0) is 4.74 Å². The average Bonchev–Trinajstić information content (AvgIpc) is 2.01. The maximum Gasteiger partial charge on any atom is 0.410 e. The number of carbonyl (C=O) groups excluding carboxylic acids is 1. The third-order valence-electron chi connectivity index (χ3n) is 3.03. The molecule has 0 saturated carbocycles. The van der Waals surface area contributed by atoms with Crippen molar-refractivity contribution < 1.29 is 9.53 Å². The molecule has 1 amide bonds. The van der Waals surface area contributed by atoms with Crippen LogP contribution in [0.5, 0.6) is 0 Å². The third kappa shape index (κ3) is 2.43. The van der Waals surface area contributed by atoms with E-state index in [9.17, 15) is 4.79 Å². The van der Waals surface area contributed by atoms with E-state index in [4.69, 9.17) is 10.5 Å². The van der Waals surface area contributed by atoms with E-state index in [1.54, 1.807) is 4.90 Å². The first kappa shape index (κ1) is 12.3. The van der Waals surface area contributed by atoms with E-state index in [2.05, 4.69) is 6.92 Å². The van der Waals surface area contributed by atoms with Crippen LogP contribution in [0.4, 0.5) is 4.79 Å². The molecule has 0 spiro atoms. The van der Waals surface area contributed by atoms with Gasteiger partial charge in [0.05, 0.1) is 5.54 Å². The summed E-state index contributed by atoms with van der Waals surface area (Å²) in [5, 5.41) is 0. The fourth-order valence-corrected chi connectivity index (χ4v) is 1.87. The van der Waals surface area contributed by atoms with Crippen molar-refractivity contribution in [2.75, 3.05) is 13.1 Å². The monoisotopic (exact) mass is 214 g/mol. The van der Waals surface area contributed by atoms with Gasteiger partial charge in [0, 0.05) is 13.1 Å². The summed E-state index contributed by atoms with van der Waals surface area (Å²) < 4.78 is 5.33. The molecule has 1 aliphatic heterocycles. The maximum absolute atomic E-state index is 11.8. The Balaban J connectivity index is 2.62. The van der Waals surface area contributed by atoms with Gasteiger partial charge in [-0.3, -0.25) is 0 Å². The topological polar surface area (TPSA) is 55.6 Å². The highest BCUT2D eigenvalue weighted by molar-refractivity contribution is 5.70. The third-order valence-corrected chi connectivity index (χ3v) is 3.03. The quantitative estimate of drug-likeness (QED) is 0.761. The second-order valence-electron chi connectivity index (χ2n) is 5.16. The molecular formula is C11H22N2O2. The number of nitrogens with two attached hydrogens (primary N) is 1. The molecule has 1 aliphatic rings. The molecule has 0 aromatic heterocycles. The molecular weight excluding hydrogens is 192 g/mol. The Hall–Kier alpha value is -0.770. The van der Waals surface area contributed by atoms with E-state index < -0.39 is 5.60 Å². The summed E-state index contributed by atoms with van der Waals surface area (Å²) in [5.74, 6) is 0. The first-order valence-electron chi connectivity index (χ1n) is 5.55. The lowest BCUT2D eigenvalue weighted by Crippen LogP contribution is -2.66. The van der Waals surface area contributed by atoms with Gasteiger partial charge in [-0.25, -0.2) is 4.79 Å². The second-order valence-corrected chi connectivity index (χ2v) is 5.16. The van der Waals surface area contributed by atoms with E-state index in [0.717, 1.165) is 19.4 Å². The number of likely N-dealkylation sites (tertiary alicyclic amines) is 1. The molecule has 0 bridgehead atoms. The highest BCUT2D eigenvalue weighted by Crippen LogP contribution is 2.34. The van der Waals surface area contributed by atoms with Crippen LogP contribution in [0.15, 0.2) is 0 Å². The maximum atomic E-state index is 11.8. The molecule has 0 radical (unpaired) electrons. The first-order chi connectivity index (χ1) is 6.84. The molecule has 1 atom stereocenters. The standard InChI is InChI=1S/C11H22N2O2/c1-5-11(8-12)6-7-13(11)9(14)15-10(2,3)4/h5-8,12H2,1-4H3/t11-/m1/s1. The summed E-state index contributed by atoms with van der Waals surface area (Å²) in [5.41, 5.74) is 5.14. The van der Waals surface area contributed by atoms with Gasteiger partial charge in [-0.1, -0.05) is 6.92 Å². The molecule has 88 valence electrons. The summed E-state index contributed by atoms with van der Waals surface area (Å²) in [6.45, 7) is 8.97. The van der Waals surface area contributed by atoms with Crippen LogP contribution < -0.4 is 5.73 Å². The van der Waals surface area contributed by atoms with Crippen LogP contribution in [0.1, 0.15) is 40.5 Å². The zero-order valence-corrected chi connectivity index (χ0v) is 10.2. The number of hydrogen-bond acceptors (Lipinski definition) is 3. The van der Waals surface area contributed by atoms with E-state index in [0.29, 0.717) is 6.54 Å². The van der Waals surface area contributed by atoms with Crippen LogP contribution in [0.2, 0.25) is 0 Å². The zero-order chi connectivity index (χ0) is 11.7. The fraction of sp³-hybridized carbons (Fsp3) is 0.909. The van der Waals surface area contributed by atoms with Crippen LogP contribution in [0, 0.1) is 0 Å². The van der Waals surface area contributed by atoms with Crippen molar-refractivity contribution in [3.8, 4) is 0 Å². The van der Waals surface area contributed by atoms with Gasteiger partial charge in [0.2, 0.25) is 0 Å². The Morgan fingerprint density at radius 2 is 2.13 bits per heavy atom. The molecule has 4 nitrogen and oxygen atoms in total. The molecule has 0 aliphatic carbocycles. The van der Waals surface area contributed by atoms with Gasteiger partial charge in [-0.05, 0) is 33.6 Å². The molecule has 0 aromatic carbocycles. The van der Waals surface area contributed by atoms with Crippen molar-refractivity contribution in [2.45, 2.75) is 51.7 Å². The molecule has 1 rings (SSSR count). The normalized spacial score (nSPS) is 26.1. The van der Waals surface area contributed by atoms with Crippen molar-refractivity contribution in [1.82, 2.24) is 4.90 Å². The Morgan fingerprint density at radius 3 is 2.40 bits per heavy atom. The van der Waals surface area contributed by atoms with Gasteiger partial charge in [-0.2, -0.15) is 0 Å². The highest BCUT2D eigenvalue weighted by Gasteiger charge is 2.46. The second kappa shape index (κ2) is 4.00. The minimum Gasteiger partial charge on any atom is -0.444 e. The molecule has 15 heavy (non-hydrogen) atoms. The van der Waals surface area contributed by atoms with Crippen molar-refractivity contribution in [1.29, 1.82) is 0 Å². The Kier molecular flexibility index (Phi) is 3.28. The molecule has 1 heterocycles. The summed E-state index contributed by atoms with van der Waals surface area (Å²) >= 11 is 0. The minimum absolute atomic E-state index is 0.150. The molecule has 1 saturated heterocycles. The van der Waals surface area contributed by atoms with Gasteiger partial charge >= 0.3 is 6.09 Å². The van der Waals surface area contributed by atoms with Gasteiger partial charge in [0.15, 0.2) is 0 Å². The number of ether oxygens (including phenoxy) is 1. The van der Waals surface area contributed by atoms with Gasteiger partial charge in [0.25, 0.3) is 0 Å². The summed E-state index contributed by atoms with van der Waals surface area (Å²) in [6.07, 6.45) is 1.64. The van der Waals surface area contributed by atoms with Crippen LogP contribution in [0.3, 0.4) is 0 Å². The van der Waals surface area contributed by atoms with E-state index in [1.165, 1.54) is 0 Å². The van der Waals surface area contributed by atoms with E-state index in [-0.39, 0.29) is 11.6 Å². The largest absolute Gasteiger partial charge is 0.444 e. The predicted octanol–water partition coefficient (Wildman–Crippen LogP) is 1.73. The average molecular weight is 214 g/mol. The lowest BCUT2D eigenvalue weighted by molar-refractivity contribution is -0.0426. The first-order valence-corrected chi connectivity index (χ1v) is 5.55. The van der Waals surface area contributed by atoms with Crippen molar-refractivity contribution in [3.05, 3.63) is 0 Å². The molecule has 0 unspecified atom stereocenters. The fourth-order valence-electron chi connectivity index (χ4n) is 1.87. The molecule has 4 heteroatoms. The van der Waals surface area contributed by atoms with E-state index >= 15 is 0 Å². The Morgan fingerprint density at radius 1 is 1.53 bits per heavy atom. The lowest BCUT2D eigenvalue weighted by Gasteiger charge is -2.51. The lowest BCUT2D eigenvalue weighted by atomic mass is 9.82. The molecule has 0 aromatic rings. The number of carbonyl (C=O) groups is 1. The predicted molar refractivity (Wildman–Crippen MR) is 59.6 cm³/mol. The van der Waals surface area contributed by atoms with E-state index in [1.807, 2.05) is 20.8 Å². The van der Waals surface area contributed by atoms with Crippen molar-refractivity contribution in [3.63, 3.8) is 0 Å². The minimum atomic E-state index is -0.430. The highest BCUT2D eigenvalue weighted by atomic mass is 16.6. The van der Waals surface area contributed by atoms with Crippen LogP contribution in [-0.4, -0.2) is 35.2 Å². The van der Waals surface area contributed by atoms with Crippen molar-refractivity contribution in [2.24, 2.45) is 5.73 Å². The van der Waals surface area contributed by atoms with Crippen molar-refractivity contribution >= 4 is 6.09 Å². The van der Waals surface area contributed by atoms with Gasteiger partial charge < -0.3 is 15.4 Å². The zero-order valence-electron chi connectivity index (χ0n) is 10.2.